The summed E-state index contributed by atoms with van der Waals surface area (Å²) in [5.74, 6) is -0.140. The van der Waals surface area contributed by atoms with Gasteiger partial charge in [0.1, 0.15) is 0 Å². The highest BCUT2D eigenvalue weighted by Crippen LogP contribution is 2.47. The second-order valence-electron chi connectivity index (χ2n) is 12.9. The lowest BCUT2D eigenvalue weighted by atomic mass is 9.72. The second-order valence-corrected chi connectivity index (χ2v) is 12.9. The number of benzene rings is 2. The zero-order valence-corrected chi connectivity index (χ0v) is 24.9. The molecule has 1 nitrogen and oxygen atoms in total. The van der Waals surface area contributed by atoms with E-state index in [1.54, 1.807) is 0 Å². The number of rotatable bonds is 6. The molecule has 2 unspecified atom stereocenters. The average Bonchev–Trinajstić information content (AvgIpc) is 3.15. The molecule has 0 spiro atoms. The van der Waals surface area contributed by atoms with Crippen LogP contribution in [-0.2, 0) is 18.8 Å². The van der Waals surface area contributed by atoms with Gasteiger partial charge in [0.25, 0.3) is 0 Å². The monoisotopic (exact) mass is 577 g/mol. The Morgan fingerprint density at radius 3 is 2.12 bits per heavy atom. The van der Waals surface area contributed by atoms with E-state index in [2.05, 4.69) is 64.3 Å². The SMILES string of the molecule is C=C1CC(c2cc(C(F)(F)F)cc(C(F)(F)F)c2)C(C)N1CC1=C(c2cc(C(C)C)ccc2CC)CCC(C)(C)C1. The normalized spacial score (nSPS) is 21.8. The summed E-state index contributed by atoms with van der Waals surface area (Å²) >= 11 is 0. The van der Waals surface area contributed by atoms with Crippen LogP contribution in [0.5, 0.6) is 0 Å². The Morgan fingerprint density at radius 1 is 0.976 bits per heavy atom. The molecule has 1 saturated heterocycles. The molecule has 2 atom stereocenters. The zero-order valence-electron chi connectivity index (χ0n) is 24.9. The van der Waals surface area contributed by atoms with Gasteiger partial charge >= 0.3 is 12.4 Å². The minimum atomic E-state index is -4.87. The van der Waals surface area contributed by atoms with Crippen molar-refractivity contribution in [3.8, 4) is 0 Å². The van der Waals surface area contributed by atoms with Crippen molar-refractivity contribution in [3.63, 3.8) is 0 Å². The first-order valence-corrected chi connectivity index (χ1v) is 14.5. The highest BCUT2D eigenvalue weighted by atomic mass is 19.4. The smallest absolute Gasteiger partial charge is 0.368 e. The van der Waals surface area contributed by atoms with Crippen molar-refractivity contribution >= 4 is 5.57 Å². The van der Waals surface area contributed by atoms with Crippen LogP contribution >= 0.6 is 0 Å². The Bertz CT molecular complexity index is 1300. The van der Waals surface area contributed by atoms with Gasteiger partial charge in [-0.3, -0.25) is 0 Å². The van der Waals surface area contributed by atoms with Crippen LogP contribution < -0.4 is 0 Å². The third-order valence-electron chi connectivity index (χ3n) is 9.01. The molecule has 1 aliphatic heterocycles. The molecule has 0 amide bonds. The maximum atomic E-state index is 13.6. The summed E-state index contributed by atoms with van der Waals surface area (Å²) in [6.07, 6.45) is -5.68. The lowest BCUT2D eigenvalue weighted by Gasteiger charge is -2.37. The molecule has 2 aromatic carbocycles. The van der Waals surface area contributed by atoms with E-state index in [-0.39, 0.29) is 23.1 Å². The third-order valence-corrected chi connectivity index (χ3v) is 9.01. The Hall–Kier alpha value is -2.70. The molecule has 41 heavy (non-hydrogen) atoms. The number of hydrogen-bond donors (Lipinski definition) is 0. The van der Waals surface area contributed by atoms with E-state index in [9.17, 15) is 26.3 Å². The fourth-order valence-corrected chi connectivity index (χ4v) is 6.53. The standard InChI is InChI=1S/C34H41F6N/c1-8-23-9-10-24(20(2)3)16-31(23)29-11-12-32(6,7)18-26(29)19-41-21(4)13-30(22(41)5)25-14-27(33(35,36)37)17-28(15-25)34(38,39)40/h9-10,14-17,20,22,30H,4,8,11-13,18-19H2,1-3,5-7H3. The molecule has 0 saturated carbocycles. The fourth-order valence-electron chi connectivity index (χ4n) is 6.53. The van der Waals surface area contributed by atoms with Gasteiger partial charge in [0, 0.05) is 24.2 Å². The summed E-state index contributed by atoms with van der Waals surface area (Å²) in [4.78, 5) is 2.10. The number of hydrogen-bond acceptors (Lipinski definition) is 1. The number of aryl methyl sites for hydroxylation is 1. The van der Waals surface area contributed by atoms with Crippen LogP contribution in [0.1, 0.15) is 112 Å². The first kappa shape index (κ1) is 31.2. The van der Waals surface area contributed by atoms with Crippen molar-refractivity contribution in [3.05, 3.63) is 87.6 Å². The van der Waals surface area contributed by atoms with E-state index in [0.29, 0.717) is 18.9 Å². The Morgan fingerprint density at radius 2 is 1.59 bits per heavy atom. The summed E-state index contributed by atoms with van der Waals surface area (Å²) in [6.45, 7) is 17.7. The first-order chi connectivity index (χ1) is 18.9. The topological polar surface area (TPSA) is 3.24 Å². The molecule has 1 fully saturated rings. The summed E-state index contributed by atoms with van der Waals surface area (Å²) in [5.41, 5.74) is 4.79. The van der Waals surface area contributed by atoms with Crippen molar-refractivity contribution in [1.82, 2.24) is 4.90 Å². The number of likely N-dealkylation sites (tertiary alicyclic amines) is 1. The van der Waals surface area contributed by atoms with Crippen LogP contribution in [0, 0.1) is 5.41 Å². The molecule has 0 N–H and O–H groups in total. The van der Waals surface area contributed by atoms with Crippen LogP contribution in [0.4, 0.5) is 26.3 Å². The van der Waals surface area contributed by atoms with E-state index in [0.717, 1.165) is 43.5 Å². The van der Waals surface area contributed by atoms with Crippen LogP contribution in [0.15, 0.2) is 54.2 Å². The van der Waals surface area contributed by atoms with Gasteiger partial charge in [-0.1, -0.05) is 59.4 Å². The van der Waals surface area contributed by atoms with Crippen molar-refractivity contribution in [2.24, 2.45) is 5.41 Å². The molecular formula is C34H41F6N. The van der Waals surface area contributed by atoms with Gasteiger partial charge in [0.2, 0.25) is 0 Å². The number of allylic oxidation sites excluding steroid dienone is 2. The van der Waals surface area contributed by atoms with E-state index in [1.165, 1.54) is 27.8 Å². The third kappa shape index (κ3) is 6.70. The minimum Gasteiger partial charge on any atom is -0.368 e. The van der Waals surface area contributed by atoms with Crippen molar-refractivity contribution in [2.45, 2.75) is 104 Å². The summed E-state index contributed by atoms with van der Waals surface area (Å²) in [5, 5.41) is 0. The summed E-state index contributed by atoms with van der Waals surface area (Å²) in [7, 11) is 0. The quantitative estimate of drug-likeness (QED) is 0.309. The molecule has 0 radical (unpaired) electrons. The maximum Gasteiger partial charge on any atom is 0.416 e. The van der Waals surface area contributed by atoms with Crippen molar-refractivity contribution < 1.29 is 26.3 Å². The van der Waals surface area contributed by atoms with E-state index >= 15 is 0 Å². The van der Waals surface area contributed by atoms with Crippen LogP contribution in [0.25, 0.3) is 5.57 Å². The number of nitrogens with zero attached hydrogens (tertiary/aromatic N) is 1. The summed E-state index contributed by atoms with van der Waals surface area (Å²) in [6, 6.07) is 8.38. The Kier molecular flexibility index (Phi) is 8.52. The predicted octanol–water partition coefficient (Wildman–Crippen LogP) is 10.8. The lowest BCUT2D eigenvalue weighted by Crippen LogP contribution is -2.33. The van der Waals surface area contributed by atoms with Crippen molar-refractivity contribution in [2.75, 3.05) is 6.54 Å². The highest BCUT2D eigenvalue weighted by molar-refractivity contribution is 5.73. The van der Waals surface area contributed by atoms with E-state index in [1.807, 2.05) is 6.92 Å². The Labute approximate surface area is 240 Å². The van der Waals surface area contributed by atoms with Gasteiger partial charge in [-0.2, -0.15) is 26.3 Å². The molecule has 0 bridgehead atoms. The predicted molar refractivity (Wildman–Crippen MR) is 154 cm³/mol. The molecule has 2 aromatic rings. The molecule has 7 heteroatoms. The minimum absolute atomic E-state index is 0.0550. The van der Waals surface area contributed by atoms with Crippen molar-refractivity contribution in [1.29, 1.82) is 0 Å². The molecule has 4 rings (SSSR count). The van der Waals surface area contributed by atoms with Crippen LogP contribution in [0.3, 0.4) is 0 Å². The molecule has 2 aliphatic rings. The fraction of sp³-hybridized carbons (Fsp3) is 0.529. The molecule has 0 aromatic heterocycles. The highest BCUT2D eigenvalue weighted by Gasteiger charge is 2.41. The molecular weight excluding hydrogens is 536 g/mol. The molecule has 1 aliphatic carbocycles. The molecule has 1 heterocycles. The maximum absolute atomic E-state index is 13.6. The van der Waals surface area contributed by atoms with Crippen LogP contribution in [0.2, 0.25) is 0 Å². The second kappa shape index (κ2) is 11.2. The summed E-state index contributed by atoms with van der Waals surface area (Å²) < 4.78 is 81.6. The zero-order chi connectivity index (χ0) is 30.5. The Balaban J connectivity index is 1.74. The number of alkyl halides is 6. The van der Waals surface area contributed by atoms with Gasteiger partial charge in [0.15, 0.2) is 0 Å². The van der Waals surface area contributed by atoms with Gasteiger partial charge in [0.05, 0.1) is 11.1 Å². The first-order valence-electron chi connectivity index (χ1n) is 14.5. The van der Waals surface area contributed by atoms with Gasteiger partial charge in [-0.05, 0) is 102 Å². The van der Waals surface area contributed by atoms with Gasteiger partial charge < -0.3 is 4.90 Å². The molecule has 224 valence electrons. The van der Waals surface area contributed by atoms with E-state index < -0.39 is 29.4 Å². The number of halogens is 6. The average molecular weight is 578 g/mol. The van der Waals surface area contributed by atoms with Gasteiger partial charge in [-0.15, -0.1) is 0 Å². The van der Waals surface area contributed by atoms with E-state index in [4.69, 9.17) is 0 Å². The lowest BCUT2D eigenvalue weighted by molar-refractivity contribution is -0.143. The largest absolute Gasteiger partial charge is 0.416 e. The van der Waals surface area contributed by atoms with Gasteiger partial charge in [-0.25, -0.2) is 0 Å². The van der Waals surface area contributed by atoms with Crippen LogP contribution in [-0.4, -0.2) is 17.5 Å².